The van der Waals surface area contributed by atoms with Gasteiger partial charge in [0.25, 0.3) is 0 Å². The van der Waals surface area contributed by atoms with Gasteiger partial charge in [-0.3, -0.25) is 4.90 Å². The van der Waals surface area contributed by atoms with Gasteiger partial charge >= 0.3 is 6.03 Å². The van der Waals surface area contributed by atoms with Crippen molar-refractivity contribution in [2.75, 3.05) is 26.2 Å². The van der Waals surface area contributed by atoms with Crippen LogP contribution >= 0.6 is 11.3 Å². The maximum atomic E-state index is 12.4. The molecule has 1 N–H and O–H groups in total. The van der Waals surface area contributed by atoms with Crippen molar-refractivity contribution in [1.82, 2.24) is 25.3 Å². The van der Waals surface area contributed by atoms with E-state index in [1.165, 1.54) is 0 Å². The summed E-state index contributed by atoms with van der Waals surface area (Å²) < 4.78 is 4.85. The summed E-state index contributed by atoms with van der Waals surface area (Å²) in [5.41, 5.74) is 0.928. The van der Waals surface area contributed by atoms with Crippen LogP contribution in [-0.2, 0) is 6.54 Å². The van der Waals surface area contributed by atoms with Crippen LogP contribution in [0.25, 0.3) is 0 Å². The Labute approximate surface area is 139 Å². The van der Waals surface area contributed by atoms with Gasteiger partial charge in [0.1, 0.15) is 11.3 Å². The third-order valence-corrected chi connectivity index (χ3v) is 4.88. The average molecular weight is 335 g/mol. The molecule has 7 nitrogen and oxygen atoms in total. The molecule has 2 aromatic heterocycles. The molecule has 8 heteroatoms. The predicted octanol–water partition coefficient (Wildman–Crippen LogP) is 2.11. The number of nitrogens with one attached hydrogen (secondary N) is 1. The average Bonchev–Trinajstić information content (AvgIpc) is 3.26. The molecule has 3 heterocycles. The summed E-state index contributed by atoms with van der Waals surface area (Å²) in [6, 6.07) is 1.86. The lowest BCUT2D eigenvalue weighted by Crippen LogP contribution is -2.51. The Morgan fingerprint density at radius 1 is 1.43 bits per heavy atom. The van der Waals surface area contributed by atoms with E-state index in [0.717, 1.165) is 49.8 Å². The van der Waals surface area contributed by atoms with Crippen LogP contribution in [0.4, 0.5) is 4.79 Å². The van der Waals surface area contributed by atoms with Crippen LogP contribution in [0.15, 0.2) is 28.4 Å². The molecule has 2 amide bonds. The molecule has 1 aliphatic rings. The lowest BCUT2D eigenvalue weighted by Gasteiger charge is -2.34. The molecular formula is C15H21N5O2S. The fraction of sp³-hybridized carbons (Fsp3) is 0.533. The maximum Gasteiger partial charge on any atom is 0.318 e. The highest BCUT2D eigenvalue weighted by molar-refractivity contribution is 7.09. The summed E-state index contributed by atoms with van der Waals surface area (Å²) in [7, 11) is 0. The van der Waals surface area contributed by atoms with E-state index in [9.17, 15) is 4.79 Å². The first-order valence-corrected chi connectivity index (χ1v) is 8.70. The molecule has 1 aliphatic heterocycles. The standard InChI is InChI=1S/C15H21N5O2S/c1-2-13(14-16-4-10-23-14)17-15(21)20-7-5-19(6-8-20)11-12-3-9-22-18-12/h3-4,9-10,13H,2,5-8,11H2,1H3,(H,17,21). The van der Waals surface area contributed by atoms with E-state index < -0.39 is 0 Å². The zero-order valence-corrected chi connectivity index (χ0v) is 14.0. The van der Waals surface area contributed by atoms with E-state index in [1.54, 1.807) is 23.8 Å². The summed E-state index contributed by atoms with van der Waals surface area (Å²) in [5.74, 6) is 0. The van der Waals surface area contributed by atoms with Crippen molar-refractivity contribution in [2.45, 2.75) is 25.9 Å². The molecule has 1 fully saturated rings. The van der Waals surface area contributed by atoms with Crippen LogP contribution in [0.5, 0.6) is 0 Å². The third kappa shape index (κ3) is 4.08. The molecule has 0 aliphatic carbocycles. The molecule has 0 bridgehead atoms. The number of amides is 2. The minimum absolute atomic E-state index is 0.00402. The molecule has 3 rings (SSSR count). The number of piperazine rings is 1. The molecule has 0 radical (unpaired) electrons. The Balaban J connectivity index is 1.48. The molecule has 23 heavy (non-hydrogen) atoms. The SMILES string of the molecule is CCC(NC(=O)N1CCN(Cc2ccon2)CC1)c1nccs1. The Bertz CT molecular complexity index is 593. The summed E-state index contributed by atoms with van der Waals surface area (Å²) in [6.45, 7) is 5.95. The topological polar surface area (TPSA) is 74.5 Å². The molecule has 0 saturated carbocycles. The largest absolute Gasteiger partial charge is 0.364 e. The van der Waals surface area contributed by atoms with Gasteiger partial charge in [-0.15, -0.1) is 11.3 Å². The van der Waals surface area contributed by atoms with Crippen LogP contribution in [0, 0.1) is 0 Å². The minimum atomic E-state index is -0.00636. The number of carbonyl (C=O) groups is 1. The van der Waals surface area contributed by atoms with Crippen molar-refractivity contribution in [3.05, 3.63) is 34.6 Å². The van der Waals surface area contributed by atoms with Gasteiger partial charge < -0.3 is 14.7 Å². The second kappa shape index (κ2) is 7.56. The first-order chi connectivity index (χ1) is 11.3. The number of carbonyl (C=O) groups excluding carboxylic acids is 1. The number of urea groups is 1. The zero-order chi connectivity index (χ0) is 16.1. The molecule has 124 valence electrons. The van der Waals surface area contributed by atoms with Gasteiger partial charge in [-0.25, -0.2) is 9.78 Å². The lowest BCUT2D eigenvalue weighted by atomic mass is 10.2. The molecule has 1 saturated heterocycles. The predicted molar refractivity (Wildman–Crippen MR) is 87.0 cm³/mol. The Morgan fingerprint density at radius 3 is 2.87 bits per heavy atom. The van der Waals surface area contributed by atoms with Crippen molar-refractivity contribution in [3.8, 4) is 0 Å². The number of nitrogens with zero attached hydrogens (tertiary/aromatic N) is 4. The Kier molecular flexibility index (Phi) is 5.24. The van der Waals surface area contributed by atoms with Crippen LogP contribution in [0.2, 0.25) is 0 Å². The summed E-state index contributed by atoms with van der Waals surface area (Å²) in [5, 5.41) is 9.92. The van der Waals surface area contributed by atoms with E-state index in [-0.39, 0.29) is 12.1 Å². The number of hydrogen-bond donors (Lipinski definition) is 1. The Morgan fingerprint density at radius 2 is 2.26 bits per heavy atom. The second-order valence-corrected chi connectivity index (χ2v) is 6.46. The van der Waals surface area contributed by atoms with Crippen LogP contribution in [0.1, 0.15) is 30.1 Å². The van der Waals surface area contributed by atoms with Gasteiger partial charge in [-0.05, 0) is 6.42 Å². The molecule has 1 unspecified atom stereocenters. The van der Waals surface area contributed by atoms with Crippen LogP contribution in [0.3, 0.4) is 0 Å². The van der Waals surface area contributed by atoms with E-state index in [2.05, 4.69) is 27.3 Å². The summed E-state index contributed by atoms with van der Waals surface area (Å²) in [4.78, 5) is 20.9. The van der Waals surface area contributed by atoms with E-state index in [4.69, 9.17) is 4.52 Å². The summed E-state index contributed by atoms with van der Waals surface area (Å²) >= 11 is 1.58. The monoisotopic (exact) mass is 335 g/mol. The van der Waals surface area contributed by atoms with Crippen molar-refractivity contribution in [1.29, 1.82) is 0 Å². The van der Waals surface area contributed by atoms with E-state index in [0.29, 0.717) is 0 Å². The molecule has 1 atom stereocenters. The van der Waals surface area contributed by atoms with E-state index >= 15 is 0 Å². The lowest BCUT2D eigenvalue weighted by molar-refractivity contribution is 0.131. The first-order valence-electron chi connectivity index (χ1n) is 7.82. The highest BCUT2D eigenvalue weighted by Gasteiger charge is 2.24. The van der Waals surface area contributed by atoms with Crippen molar-refractivity contribution in [2.24, 2.45) is 0 Å². The third-order valence-electron chi connectivity index (χ3n) is 3.99. The number of aromatic nitrogens is 2. The Hall–Kier alpha value is -1.93. The van der Waals surface area contributed by atoms with E-state index in [1.807, 2.05) is 16.3 Å². The van der Waals surface area contributed by atoms with Crippen molar-refractivity contribution in [3.63, 3.8) is 0 Å². The van der Waals surface area contributed by atoms with Gasteiger partial charge in [0.15, 0.2) is 0 Å². The first kappa shape index (κ1) is 15.9. The van der Waals surface area contributed by atoms with Gasteiger partial charge in [0, 0.05) is 50.4 Å². The second-order valence-electron chi connectivity index (χ2n) is 5.53. The number of thiazole rings is 1. The fourth-order valence-corrected chi connectivity index (χ4v) is 3.42. The maximum absolute atomic E-state index is 12.4. The number of hydrogen-bond acceptors (Lipinski definition) is 6. The van der Waals surface area contributed by atoms with Gasteiger partial charge in [0.2, 0.25) is 0 Å². The normalized spacial score (nSPS) is 17.2. The van der Waals surface area contributed by atoms with Gasteiger partial charge in [0.05, 0.1) is 11.7 Å². The highest BCUT2D eigenvalue weighted by Crippen LogP contribution is 2.19. The minimum Gasteiger partial charge on any atom is -0.364 e. The highest BCUT2D eigenvalue weighted by atomic mass is 32.1. The van der Waals surface area contributed by atoms with Crippen LogP contribution < -0.4 is 5.32 Å². The van der Waals surface area contributed by atoms with Crippen LogP contribution in [-0.4, -0.2) is 52.2 Å². The molecular weight excluding hydrogens is 314 g/mol. The fourth-order valence-electron chi connectivity index (χ4n) is 2.64. The quantitative estimate of drug-likeness (QED) is 0.906. The number of rotatable bonds is 5. The zero-order valence-electron chi connectivity index (χ0n) is 13.1. The van der Waals surface area contributed by atoms with Crippen molar-refractivity contribution < 1.29 is 9.32 Å². The molecule has 0 spiro atoms. The van der Waals surface area contributed by atoms with Gasteiger partial charge in [-0.1, -0.05) is 12.1 Å². The molecule has 0 aromatic carbocycles. The molecule has 2 aromatic rings. The smallest absolute Gasteiger partial charge is 0.318 e. The summed E-state index contributed by atoms with van der Waals surface area (Å²) in [6.07, 6.45) is 4.20. The van der Waals surface area contributed by atoms with Crippen molar-refractivity contribution >= 4 is 17.4 Å². The van der Waals surface area contributed by atoms with Gasteiger partial charge in [-0.2, -0.15) is 0 Å².